The van der Waals surface area contributed by atoms with Crippen molar-refractivity contribution in [2.75, 3.05) is 0 Å². The van der Waals surface area contributed by atoms with Crippen LogP contribution in [0.1, 0.15) is 5.56 Å². The van der Waals surface area contributed by atoms with Gasteiger partial charge in [0.05, 0.1) is 5.51 Å². The number of thiazole rings is 1. The molecule has 0 aliphatic carbocycles. The monoisotopic (exact) mass is 259 g/mol. The maximum Gasteiger partial charge on any atom is 0.258 e. The van der Waals surface area contributed by atoms with Crippen LogP contribution < -0.4 is 0 Å². The zero-order chi connectivity index (χ0) is 12.5. The summed E-state index contributed by atoms with van der Waals surface area (Å²) >= 11 is 1.48. The number of rotatable bonds is 2. The molecule has 6 heteroatoms. The van der Waals surface area contributed by atoms with E-state index in [4.69, 9.17) is 4.52 Å². The van der Waals surface area contributed by atoms with E-state index >= 15 is 0 Å². The Bertz CT molecular complexity index is 676. The third-order valence-corrected chi connectivity index (χ3v) is 3.12. The molecule has 2 heterocycles. The summed E-state index contributed by atoms with van der Waals surface area (Å²) in [5.41, 5.74) is 3.96. The van der Waals surface area contributed by atoms with Crippen molar-refractivity contribution in [2.24, 2.45) is 0 Å². The number of aromatic nitrogens is 3. The molecule has 0 atom stereocenters. The van der Waals surface area contributed by atoms with Gasteiger partial charge < -0.3 is 9.63 Å². The zero-order valence-corrected chi connectivity index (χ0v) is 10.3. The highest BCUT2D eigenvalue weighted by Crippen LogP contribution is 2.26. The highest BCUT2D eigenvalue weighted by molar-refractivity contribution is 7.07. The molecular formula is C12H9N3O2S. The highest BCUT2D eigenvalue weighted by Gasteiger charge is 2.12. The Labute approximate surface area is 107 Å². The minimum atomic E-state index is 0.248. The molecule has 0 aliphatic rings. The van der Waals surface area contributed by atoms with Gasteiger partial charge in [-0.1, -0.05) is 5.16 Å². The Balaban J connectivity index is 2.00. The van der Waals surface area contributed by atoms with E-state index in [0.717, 1.165) is 11.1 Å². The van der Waals surface area contributed by atoms with Gasteiger partial charge >= 0.3 is 0 Å². The molecule has 0 bridgehead atoms. The standard InChI is InChI=1S/C12H9N3O2S/c1-7-4-8(2-3-10(7)16)12-14-11(15-17-12)9-5-18-6-13-9/h2-6,16H,1H3. The molecule has 0 spiro atoms. The molecule has 3 aromatic rings. The molecule has 1 aromatic carbocycles. The van der Waals surface area contributed by atoms with Crippen molar-refractivity contribution in [1.29, 1.82) is 0 Å². The Kier molecular flexibility index (Phi) is 2.56. The summed E-state index contributed by atoms with van der Waals surface area (Å²) in [5.74, 6) is 1.14. The number of phenols is 1. The van der Waals surface area contributed by atoms with Gasteiger partial charge in [-0.25, -0.2) is 4.98 Å². The Morgan fingerprint density at radius 2 is 2.22 bits per heavy atom. The lowest BCUT2D eigenvalue weighted by atomic mass is 10.1. The van der Waals surface area contributed by atoms with E-state index in [9.17, 15) is 5.11 Å². The number of aromatic hydroxyl groups is 1. The summed E-state index contributed by atoms with van der Waals surface area (Å²) in [6.07, 6.45) is 0. The number of nitrogens with zero attached hydrogens (tertiary/aromatic N) is 3. The van der Waals surface area contributed by atoms with Crippen molar-refractivity contribution >= 4 is 11.3 Å². The molecule has 18 heavy (non-hydrogen) atoms. The van der Waals surface area contributed by atoms with Gasteiger partial charge in [0.15, 0.2) is 0 Å². The predicted molar refractivity (Wildman–Crippen MR) is 67.2 cm³/mol. The van der Waals surface area contributed by atoms with Gasteiger partial charge in [0.2, 0.25) is 5.82 Å². The van der Waals surface area contributed by atoms with E-state index in [1.807, 2.05) is 12.3 Å². The summed E-state index contributed by atoms with van der Waals surface area (Å²) in [6.45, 7) is 1.82. The number of hydrogen-bond acceptors (Lipinski definition) is 6. The van der Waals surface area contributed by atoms with Crippen LogP contribution >= 0.6 is 11.3 Å². The van der Waals surface area contributed by atoms with E-state index in [1.165, 1.54) is 11.3 Å². The second-order valence-corrected chi connectivity index (χ2v) is 4.52. The first-order valence-corrected chi connectivity index (χ1v) is 6.20. The molecule has 0 saturated carbocycles. The highest BCUT2D eigenvalue weighted by atomic mass is 32.1. The number of aryl methyl sites for hydroxylation is 1. The first-order chi connectivity index (χ1) is 8.74. The van der Waals surface area contributed by atoms with Gasteiger partial charge in [0.25, 0.3) is 5.89 Å². The molecular weight excluding hydrogens is 250 g/mol. The minimum Gasteiger partial charge on any atom is -0.508 e. The van der Waals surface area contributed by atoms with Crippen LogP contribution in [0.25, 0.3) is 23.0 Å². The first kappa shape index (κ1) is 10.9. The smallest absolute Gasteiger partial charge is 0.258 e. The Morgan fingerprint density at radius 3 is 2.94 bits per heavy atom. The third-order valence-electron chi connectivity index (χ3n) is 2.53. The van der Waals surface area contributed by atoms with Crippen LogP contribution in [0.15, 0.2) is 33.6 Å². The van der Waals surface area contributed by atoms with Crippen LogP contribution in [0.3, 0.4) is 0 Å². The molecule has 90 valence electrons. The fraction of sp³-hybridized carbons (Fsp3) is 0.0833. The van der Waals surface area contributed by atoms with Crippen molar-refractivity contribution in [2.45, 2.75) is 6.92 Å². The van der Waals surface area contributed by atoms with Gasteiger partial charge in [-0.05, 0) is 30.7 Å². The summed E-state index contributed by atoms with van der Waals surface area (Å²) in [7, 11) is 0. The summed E-state index contributed by atoms with van der Waals surface area (Å²) < 4.78 is 5.19. The molecule has 0 amide bonds. The zero-order valence-electron chi connectivity index (χ0n) is 9.49. The van der Waals surface area contributed by atoms with Crippen molar-refractivity contribution in [3.8, 4) is 28.7 Å². The first-order valence-electron chi connectivity index (χ1n) is 5.26. The molecule has 3 rings (SSSR count). The fourth-order valence-electron chi connectivity index (χ4n) is 1.56. The largest absolute Gasteiger partial charge is 0.508 e. The van der Waals surface area contributed by atoms with Gasteiger partial charge in [0, 0.05) is 10.9 Å². The molecule has 0 aliphatic heterocycles. The fourth-order valence-corrected chi connectivity index (χ4v) is 2.09. The van der Waals surface area contributed by atoms with Gasteiger partial charge in [-0.15, -0.1) is 11.3 Å². The second-order valence-electron chi connectivity index (χ2n) is 3.80. The maximum absolute atomic E-state index is 9.47. The summed E-state index contributed by atoms with van der Waals surface area (Å²) in [6, 6.07) is 5.14. The number of hydrogen-bond donors (Lipinski definition) is 1. The number of benzene rings is 1. The quantitative estimate of drug-likeness (QED) is 0.766. The van der Waals surface area contributed by atoms with Crippen molar-refractivity contribution < 1.29 is 9.63 Å². The maximum atomic E-state index is 9.47. The van der Waals surface area contributed by atoms with Crippen molar-refractivity contribution in [3.05, 3.63) is 34.7 Å². The van der Waals surface area contributed by atoms with Crippen molar-refractivity contribution in [3.63, 3.8) is 0 Å². The van der Waals surface area contributed by atoms with E-state index in [0.29, 0.717) is 17.4 Å². The average Bonchev–Trinajstić information content (AvgIpc) is 3.01. The molecule has 0 unspecified atom stereocenters. The minimum absolute atomic E-state index is 0.248. The average molecular weight is 259 g/mol. The Hall–Kier alpha value is -2.21. The number of phenolic OH excluding ortho intramolecular Hbond substituents is 1. The summed E-state index contributed by atoms with van der Waals surface area (Å²) in [4.78, 5) is 8.40. The van der Waals surface area contributed by atoms with E-state index in [2.05, 4.69) is 15.1 Å². The van der Waals surface area contributed by atoms with E-state index < -0.39 is 0 Å². The topological polar surface area (TPSA) is 72.0 Å². The van der Waals surface area contributed by atoms with Crippen LogP contribution in [0.2, 0.25) is 0 Å². The molecule has 5 nitrogen and oxygen atoms in total. The molecule has 0 saturated heterocycles. The Morgan fingerprint density at radius 1 is 1.33 bits per heavy atom. The predicted octanol–water partition coefficient (Wildman–Crippen LogP) is 2.87. The van der Waals surface area contributed by atoms with E-state index in [1.54, 1.807) is 23.7 Å². The van der Waals surface area contributed by atoms with Crippen LogP contribution in [0.4, 0.5) is 0 Å². The van der Waals surface area contributed by atoms with Gasteiger partial charge in [-0.3, -0.25) is 0 Å². The third kappa shape index (κ3) is 1.86. The van der Waals surface area contributed by atoms with Crippen LogP contribution in [-0.2, 0) is 0 Å². The lowest BCUT2D eigenvalue weighted by molar-refractivity contribution is 0.432. The van der Waals surface area contributed by atoms with Crippen molar-refractivity contribution in [1.82, 2.24) is 15.1 Å². The van der Waals surface area contributed by atoms with Gasteiger partial charge in [-0.2, -0.15) is 4.98 Å². The second kappa shape index (κ2) is 4.23. The summed E-state index contributed by atoms with van der Waals surface area (Å²) in [5, 5.41) is 15.2. The van der Waals surface area contributed by atoms with Crippen LogP contribution in [0, 0.1) is 6.92 Å². The lowest BCUT2D eigenvalue weighted by Gasteiger charge is -1.99. The normalized spacial score (nSPS) is 10.7. The molecule has 0 fully saturated rings. The van der Waals surface area contributed by atoms with Crippen LogP contribution in [0.5, 0.6) is 5.75 Å². The SMILES string of the molecule is Cc1cc(-c2nc(-c3cscn3)no2)ccc1O. The molecule has 0 radical (unpaired) electrons. The molecule has 1 N–H and O–H groups in total. The van der Waals surface area contributed by atoms with Gasteiger partial charge in [0.1, 0.15) is 11.4 Å². The lowest BCUT2D eigenvalue weighted by Crippen LogP contribution is -1.82. The molecule has 2 aromatic heterocycles. The van der Waals surface area contributed by atoms with Crippen LogP contribution in [-0.4, -0.2) is 20.2 Å². The van der Waals surface area contributed by atoms with E-state index in [-0.39, 0.29) is 5.75 Å².